The summed E-state index contributed by atoms with van der Waals surface area (Å²) >= 11 is 0. The molecule has 17 heavy (non-hydrogen) atoms. The summed E-state index contributed by atoms with van der Waals surface area (Å²) in [6, 6.07) is 0. The van der Waals surface area contributed by atoms with Crippen LogP contribution in [0.2, 0.25) is 0 Å². The maximum atomic E-state index is 11.0. The summed E-state index contributed by atoms with van der Waals surface area (Å²) in [5.41, 5.74) is 0.630. The number of hydrogen-bond acceptors (Lipinski definition) is 4. The zero-order valence-corrected chi connectivity index (χ0v) is 9.52. The minimum absolute atomic E-state index is 0.0282. The number of carboxylic acids is 1. The predicted octanol–water partition coefficient (Wildman–Crippen LogP) is 1.97. The summed E-state index contributed by atoms with van der Waals surface area (Å²) in [6.07, 6.45) is 4.84. The first kappa shape index (κ1) is 10.8. The van der Waals surface area contributed by atoms with E-state index in [1.165, 1.54) is 0 Å². The van der Waals surface area contributed by atoms with Gasteiger partial charge in [0.1, 0.15) is 0 Å². The van der Waals surface area contributed by atoms with Crippen LogP contribution in [0.4, 0.5) is 0 Å². The van der Waals surface area contributed by atoms with Gasteiger partial charge in [-0.3, -0.25) is 0 Å². The minimum Gasteiger partial charge on any atom is -0.475 e. The molecule has 2 heterocycles. The second-order valence-electron chi connectivity index (χ2n) is 4.74. The highest BCUT2D eigenvalue weighted by Gasteiger charge is 2.34. The molecule has 0 spiro atoms. The fraction of sp³-hybridized carbons (Fsp3) is 0.667. The lowest BCUT2D eigenvalue weighted by Crippen LogP contribution is -2.08. The van der Waals surface area contributed by atoms with Gasteiger partial charge in [0.05, 0.1) is 18.2 Å². The van der Waals surface area contributed by atoms with E-state index in [1.54, 1.807) is 0 Å². The van der Waals surface area contributed by atoms with Crippen LogP contribution < -0.4 is 0 Å². The van der Waals surface area contributed by atoms with Crippen molar-refractivity contribution in [1.29, 1.82) is 0 Å². The van der Waals surface area contributed by atoms with Crippen LogP contribution in [0.3, 0.4) is 0 Å². The average molecular weight is 237 g/mol. The number of nitrogens with zero attached hydrogens (tertiary/aromatic N) is 1. The summed E-state index contributed by atoms with van der Waals surface area (Å²) in [5, 5.41) is 9.05. The van der Waals surface area contributed by atoms with E-state index in [1.807, 2.05) is 0 Å². The zero-order valence-electron chi connectivity index (χ0n) is 9.52. The Morgan fingerprint density at radius 2 is 2.24 bits per heavy atom. The van der Waals surface area contributed by atoms with Crippen LogP contribution in [0, 0.1) is 0 Å². The molecule has 5 nitrogen and oxygen atoms in total. The summed E-state index contributed by atoms with van der Waals surface area (Å²) in [6.45, 7) is 0.784. The van der Waals surface area contributed by atoms with Gasteiger partial charge < -0.3 is 14.3 Å². The number of aromatic carboxylic acids is 1. The molecule has 3 rings (SSSR count). The van der Waals surface area contributed by atoms with E-state index in [-0.39, 0.29) is 11.9 Å². The van der Waals surface area contributed by atoms with Crippen LogP contribution in [0.1, 0.15) is 53.7 Å². The standard InChI is InChI=1S/C12H15NO4/c14-12(15)11-10(7-3-4-7)13-9(17-11)6-8-2-1-5-16-8/h7-8H,1-6H2,(H,14,15). The number of carbonyl (C=O) groups is 1. The Labute approximate surface area is 98.8 Å². The van der Waals surface area contributed by atoms with Crippen molar-refractivity contribution in [2.24, 2.45) is 0 Å². The third-order valence-electron chi connectivity index (χ3n) is 3.28. The first-order valence-corrected chi connectivity index (χ1v) is 6.08. The predicted molar refractivity (Wildman–Crippen MR) is 58.1 cm³/mol. The highest BCUT2D eigenvalue weighted by atomic mass is 16.5. The monoisotopic (exact) mass is 237 g/mol. The molecule has 0 amide bonds. The van der Waals surface area contributed by atoms with Gasteiger partial charge in [0.25, 0.3) is 0 Å². The van der Waals surface area contributed by atoms with Gasteiger partial charge in [-0.15, -0.1) is 0 Å². The van der Waals surface area contributed by atoms with Gasteiger partial charge in [0.2, 0.25) is 5.76 Å². The Balaban J connectivity index is 1.79. The maximum Gasteiger partial charge on any atom is 0.373 e. The number of carboxylic acid groups (broad SMARTS) is 1. The fourth-order valence-corrected chi connectivity index (χ4v) is 2.25. The highest BCUT2D eigenvalue weighted by molar-refractivity contribution is 5.85. The second-order valence-corrected chi connectivity index (χ2v) is 4.74. The molecule has 2 fully saturated rings. The summed E-state index contributed by atoms with van der Waals surface area (Å²) in [4.78, 5) is 15.4. The van der Waals surface area contributed by atoms with Gasteiger partial charge in [-0.25, -0.2) is 9.78 Å². The minimum atomic E-state index is -1.02. The summed E-state index contributed by atoms with van der Waals surface area (Å²) in [7, 11) is 0. The molecule has 1 unspecified atom stereocenters. The van der Waals surface area contributed by atoms with Gasteiger partial charge in [-0.1, -0.05) is 0 Å². The van der Waals surface area contributed by atoms with E-state index < -0.39 is 5.97 Å². The van der Waals surface area contributed by atoms with Crippen molar-refractivity contribution >= 4 is 5.97 Å². The molecule has 0 aromatic carbocycles. The number of hydrogen-bond donors (Lipinski definition) is 1. The normalized spacial score (nSPS) is 24.1. The number of aromatic nitrogens is 1. The molecule has 5 heteroatoms. The first-order chi connectivity index (χ1) is 8.24. The van der Waals surface area contributed by atoms with Crippen molar-refractivity contribution in [3.05, 3.63) is 17.3 Å². The molecule has 1 saturated carbocycles. The van der Waals surface area contributed by atoms with E-state index in [9.17, 15) is 4.79 Å². The largest absolute Gasteiger partial charge is 0.475 e. The van der Waals surface area contributed by atoms with Gasteiger partial charge >= 0.3 is 5.97 Å². The molecule has 1 aliphatic carbocycles. The van der Waals surface area contributed by atoms with Crippen LogP contribution in [-0.2, 0) is 11.2 Å². The van der Waals surface area contributed by atoms with E-state index in [0.29, 0.717) is 23.9 Å². The van der Waals surface area contributed by atoms with Gasteiger partial charge in [0.15, 0.2) is 5.89 Å². The van der Waals surface area contributed by atoms with Crippen molar-refractivity contribution in [2.75, 3.05) is 6.61 Å². The Morgan fingerprint density at radius 3 is 2.82 bits per heavy atom. The lowest BCUT2D eigenvalue weighted by Gasteiger charge is -2.04. The van der Waals surface area contributed by atoms with E-state index in [2.05, 4.69) is 4.98 Å². The molecule has 1 aliphatic heterocycles. The average Bonchev–Trinajstić information content (AvgIpc) is 2.86. The van der Waals surface area contributed by atoms with Crippen LogP contribution >= 0.6 is 0 Å². The number of rotatable bonds is 4. The zero-order chi connectivity index (χ0) is 11.8. The third kappa shape index (κ3) is 2.20. The maximum absolute atomic E-state index is 11.0. The third-order valence-corrected chi connectivity index (χ3v) is 3.28. The van der Waals surface area contributed by atoms with Crippen molar-refractivity contribution in [3.8, 4) is 0 Å². The number of oxazole rings is 1. The van der Waals surface area contributed by atoms with Crippen molar-refractivity contribution in [2.45, 2.75) is 44.1 Å². The summed E-state index contributed by atoms with van der Waals surface area (Å²) in [5.74, 6) is -0.183. The van der Waals surface area contributed by atoms with Crippen LogP contribution in [-0.4, -0.2) is 28.8 Å². The molecule has 0 radical (unpaired) electrons. The molecule has 1 N–H and O–H groups in total. The Morgan fingerprint density at radius 1 is 1.41 bits per heavy atom. The van der Waals surface area contributed by atoms with E-state index in [4.69, 9.17) is 14.3 Å². The van der Waals surface area contributed by atoms with Gasteiger partial charge in [0, 0.05) is 12.5 Å². The topological polar surface area (TPSA) is 72.6 Å². The molecule has 1 aromatic heterocycles. The number of ether oxygens (including phenoxy) is 1. The van der Waals surface area contributed by atoms with Gasteiger partial charge in [-0.05, 0) is 25.7 Å². The second kappa shape index (κ2) is 4.14. The molecule has 1 saturated heterocycles. The first-order valence-electron chi connectivity index (χ1n) is 6.08. The Kier molecular flexibility index (Phi) is 2.63. The Bertz CT molecular complexity index is 430. The van der Waals surface area contributed by atoms with E-state index >= 15 is 0 Å². The fourth-order valence-electron chi connectivity index (χ4n) is 2.25. The SMILES string of the molecule is O=C(O)c1oc(CC2CCCO2)nc1C1CC1. The summed E-state index contributed by atoms with van der Waals surface area (Å²) < 4.78 is 10.8. The Hall–Kier alpha value is -1.36. The van der Waals surface area contributed by atoms with Crippen molar-refractivity contribution < 1.29 is 19.1 Å². The van der Waals surface area contributed by atoms with Gasteiger partial charge in [-0.2, -0.15) is 0 Å². The smallest absolute Gasteiger partial charge is 0.373 e. The molecular formula is C12H15NO4. The molecule has 1 aromatic rings. The molecule has 1 atom stereocenters. The van der Waals surface area contributed by atoms with E-state index in [0.717, 1.165) is 32.3 Å². The molecule has 0 bridgehead atoms. The van der Waals surface area contributed by atoms with Crippen LogP contribution in [0.15, 0.2) is 4.42 Å². The van der Waals surface area contributed by atoms with Crippen molar-refractivity contribution in [1.82, 2.24) is 4.98 Å². The lowest BCUT2D eigenvalue weighted by molar-refractivity contribution is 0.0653. The molecular weight excluding hydrogens is 222 g/mol. The molecule has 92 valence electrons. The van der Waals surface area contributed by atoms with Crippen LogP contribution in [0.5, 0.6) is 0 Å². The lowest BCUT2D eigenvalue weighted by atomic mass is 10.2. The molecule has 2 aliphatic rings. The quantitative estimate of drug-likeness (QED) is 0.866. The highest BCUT2D eigenvalue weighted by Crippen LogP contribution is 2.41. The van der Waals surface area contributed by atoms with Crippen LogP contribution in [0.25, 0.3) is 0 Å². The van der Waals surface area contributed by atoms with Crippen molar-refractivity contribution in [3.63, 3.8) is 0 Å².